The molecule has 1 aliphatic heterocycles. The second-order valence-corrected chi connectivity index (χ2v) is 5.71. The zero-order valence-electron chi connectivity index (χ0n) is 14.0. The Kier molecular flexibility index (Phi) is 4.01. The van der Waals surface area contributed by atoms with Crippen molar-refractivity contribution in [3.63, 3.8) is 0 Å². The van der Waals surface area contributed by atoms with Crippen molar-refractivity contribution in [3.05, 3.63) is 41.7 Å². The Morgan fingerprint density at radius 1 is 0.917 bits per heavy atom. The quantitative estimate of drug-likeness (QED) is 0.505. The molecule has 0 saturated heterocycles. The molecule has 0 atom stereocenters. The fraction of sp³-hybridized carbons (Fsp3) is 0.211. The minimum atomic E-state index is 0. The summed E-state index contributed by atoms with van der Waals surface area (Å²) < 4.78 is 16.8. The van der Waals surface area contributed by atoms with Crippen LogP contribution in [0.15, 0.2) is 34.7 Å². The van der Waals surface area contributed by atoms with Crippen molar-refractivity contribution in [2.75, 3.05) is 14.2 Å². The fourth-order valence-electron chi connectivity index (χ4n) is 3.13. The number of fused-ring (bicyclic) bond motifs is 5. The van der Waals surface area contributed by atoms with Crippen LogP contribution in [0, 0.1) is 13.8 Å². The maximum Gasteiger partial charge on any atom is 0.162 e. The number of rotatable bonds is 2. The number of furan rings is 1. The molecule has 1 aromatic heterocycles. The first kappa shape index (κ1) is 16.4. The first-order valence-corrected chi connectivity index (χ1v) is 7.47. The summed E-state index contributed by atoms with van der Waals surface area (Å²) in [6.07, 6.45) is 0. The lowest BCUT2D eigenvalue weighted by Crippen LogP contribution is -1.89. The van der Waals surface area contributed by atoms with Gasteiger partial charge in [0.25, 0.3) is 0 Å². The molecule has 2 aromatic rings. The average Bonchev–Trinajstić information content (AvgIpc) is 3.07. The molecule has 0 amide bonds. The van der Waals surface area contributed by atoms with E-state index in [1.165, 1.54) is 5.56 Å². The molecule has 24 heavy (non-hydrogen) atoms. The van der Waals surface area contributed by atoms with Crippen molar-refractivity contribution in [1.29, 1.82) is 0 Å². The lowest BCUT2D eigenvalue weighted by molar-refractivity contribution is 0.356. The highest BCUT2D eigenvalue weighted by molar-refractivity contribution is 6.09. The summed E-state index contributed by atoms with van der Waals surface area (Å²) in [5, 5.41) is 2.12. The number of hydrogen-bond acceptors (Lipinski definition) is 4. The number of halogens is 1. The monoisotopic (exact) mass is 343 g/mol. The van der Waals surface area contributed by atoms with E-state index in [0.717, 1.165) is 38.9 Å². The van der Waals surface area contributed by atoms with Gasteiger partial charge in [0.1, 0.15) is 11.3 Å². The van der Waals surface area contributed by atoms with Gasteiger partial charge in [0, 0.05) is 16.8 Å². The maximum absolute atomic E-state index is 6.01. The number of methoxy groups -OCH3 is 2. The Labute approximate surface area is 146 Å². The topological polar surface area (TPSA) is 44.5 Å². The summed E-state index contributed by atoms with van der Waals surface area (Å²) in [6, 6.07) is 10.1. The Bertz CT molecular complexity index is 1020. The number of nitrogens with zero attached hydrogens (tertiary/aromatic N) is 1. The highest BCUT2D eigenvalue weighted by Crippen LogP contribution is 2.42. The largest absolute Gasteiger partial charge is 0.493 e. The highest BCUT2D eigenvalue weighted by Gasteiger charge is 2.20. The summed E-state index contributed by atoms with van der Waals surface area (Å²) >= 11 is 0. The minimum absolute atomic E-state index is 0. The van der Waals surface area contributed by atoms with Crippen molar-refractivity contribution >= 4 is 34.3 Å². The van der Waals surface area contributed by atoms with Crippen LogP contribution in [0.3, 0.4) is 0 Å². The third kappa shape index (κ3) is 2.26. The van der Waals surface area contributed by atoms with Crippen molar-refractivity contribution < 1.29 is 13.9 Å². The van der Waals surface area contributed by atoms with Crippen LogP contribution in [-0.2, 0) is 0 Å². The van der Waals surface area contributed by atoms with Crippen molar-refractivity contribution in [2.45, 2.75) is 13.8 Å². The van der Waals surface area contributed by atoms with Gasteiger partial charge in [-0.15, -0.1) is 12.4 Å². The van der Waals surface area contributed by atoms with E-state index in [1.807, 2.05) is 25.1 Å². The van der Waals surface area contributed by atoms with Gasteiger partial charge < -0.3 is 13.9 Å². The molecule has 4 rings (SSSR count). The average molecular weight is 344 g/mol. The maximum atomic E-state index is 6.01. The Balaban J connectivity index is 0.00000169. The van der Waals surface area contributed by atoms with Crippen LogP contribution in [0.2, 0.25) is 0 Å². The van der Waals surface area contributed by atoms with Gasteiger partial charge in [-0.1, -0.05) is 6.07 Å². The van der Waals surface area contributed by atoms with Crippen molar-refractivity contribution in [2.24, 2.45) is 0 Å². The Hall–Kier alpha value is -2.46. The summed E-state index contributed by atoms with van der Waals surface area (Å²) in [5.74, 6) is 2.26. The normalized spacial score (nSPS) is 11.0. The van der Waals surface area contributed by atoms with E-state index in [-0.39, 0.29) is 12.4 Å². The number of aromatic nitrogens is 1. The first-order valence-electron chi connectivity index (χ1n) is 7.47. The molecule has 0 unspecified atom stereocenters. The number of aryl methyl sites for hydroxylation is 2. The minimum Gasteiger partial charge on any atom is -0.493 e. The third-order valence-electron chi connectivity index (χ3n) is 4.27. The van der Waals surface area contributed by atoms with E-state index in [9.17, 15) is 0 Å². The molecular weight excluding hydrogens is 326 g/mol. The smallest absolute Gasteiger partial charge is 0.162 e. The third-order valence-corrected chi connectivity index (χ3v) is 4.27. The number of ether oxygens (including phenoxy) is 2. The molecule has 0 fully saturated rings. The number of hydrogen-bond donors (Lipinski definition) is 0. The summed E-state index contributed by atoms with van der Waals surface area (Å²) in [7, 11) is 3.27. The molecule has 0 saturated carbocycles. The molecule has 0 bridgehead atoms. The summed E-state index contributed by atoms with van der Waals surface area (Å²) in [4.78, 5) is 4.74. The SMILES string of the molecule is COc1cc2nc3ccc(C)c4cc(C)oc4c-3c2cc1OC.Cl. The van der Waals surface area contributed by atoms with Crippen LogP contribution >= 0.6 is 12.4 Å². The molecule has 0 radical (unpaired) electrons. The van der Waals surface area contributed by atoms with Gasteiger partial charge in [-0.3, -0.25) is 0 Å². The molecule has 124 valence electrons. The first-order chi connectivity index (χ1) is 11.1. The second-order valence-electron chi connectivity index (χ2n) is 5.71. The van der Waals surface area contributed by atoms with Crippen LogP contribution in [0.5, 0.6) is 11.5 Å². The molecule has 4 nitrogen and oxygen atoms in total. The molecule has 0 spiro atoms. The Morgan fingerprint density at radius 3 is 2.33 bits per heavy atom. The van der Waals surface area contributed by atoms with Gasteiger partial charge in [0.15, 0.2) is 11.5 Å². The highest BCUT2D eigenvalue weighted by atomic mass is 35.5. The van der Waals surface area contributed by atoms with E-state index in [2.05, 4.69) is 19.1 Å². The lowest BCUT2D eigenvalue weighted by Gasteiger charge is -2.07. The van der Waals surface area contributed by atoms with Gasteiger partial charge >= 0.3 is 0 Å². The number of benzene rings is 1. The van der Waals surface area contributed by atoms with Gasteiger partial charge in [0.2, 0.25) is 0 Å². The molecule has 0 N–H and O–H groups in total. The van der Waals surface area contributed by atoms with Gasteiger partial charge in [-0.25, -0.2) is 4.98 Å². The van der Waals surface area contributed by atoms with E-state index in [1.54, 1.807) is 14.2 Å². The van der Waals surface area contributed by atoms with E-state index in [4.69, 9.17) is 18.9 Å². The fourth-order valence-corrected chi connectivity index (χ4v) is 3.13. The summed E-state index contributed by atoms with van der Waals surface area (Å²) in [6.45, 7) is 4.05. The Morgan fingerprint density at radius 2 is 1.62 bits per heavy atom. The molecule has 2 heterocycles. The van der Waals surface area contributed by atoms with Crippen LogP contribution < -0.4 is 9.47 Å². The van der Waals surface area contributed by atoms with E-state index < -0.39 is 0 Å². The molecule has 2 aliphatic rings. The molecule has 1 aromatic carbocycles. The predicted octanol–water partition coefficient (Wildman–Crippen LogP) is 5.14. The van der Waals surface area contributed by atoms with Crippen LogP contribution in [0.25, 0.3) is 33.1 Å². The van der Waals surface area contributed by atoms with Crippen molar-refractivity contribution in [1.82, 2.24) is 4.98 Å². The predicted molar refractivity (Wildman–Crippen MR) is 98.0 cm³/mol. The van der Waals surface area contributed by atoms with Gasteiger partial charge in [0.05, 0.1) is 31.0 Å². The van der Waals surface area contributed by atoms with Gasteiger partial charge in [-0.2, -0.15) is 0 Å². The van der Waals surface area contributed by atoms with E-state index in [0.29, 0.717) is 11.5 Å². The van der Waals surface area contributed by atoms with Crippen LogP contribution in [0.1, 0.15) is 11.3 Å². The lowest BCUT2D eigenvalue weighted by atomic mass is 10.1. The van der Waals surface area contributed by atoms with Crippen LogP contribution in [0.4, 0.5) is 0 Å². The van der Waals surface area contributed by atoms with Crippen LogP contribution in [-0.4, -0.2) is 19.2 Å². The second kappa shape index (κ2) is 5.87. The molecule has 5 heteroatoms. The van der Waals surface area contributed by atoms with Crippen molar-refractivity contribution in [3.8, 4) is 22.8 Å². The summed E-state index contributed by atoms with van der Waals surface area (Å²) in [5.41, 5.74) is 4.83. The van der Waals surface area contributed by atoms with Gasteiger partial charge in [-0.05, 0) is 37.6 Å². The van der Waals surface area contributed by atoms with E-state index >= 15 is 0 Å². The standard InChI is InChI=1S/C19H17NO3.ClH/c1-10-5-6-14-18(19-12(10)7-11(2)23-19)13-8-16(21-3)17(22-4)9-15(13)20-14;/h5-9H,1-4H3;1H. The molecule has 1 aliphatic carbocycles. The zero-order chi connectivity index (χ0) is 16.1. The zero-order valence-corrected chi connectivity index (χ0v) is 14.8. The molecular formula is C19H18ClNO3.